The quantitative estimate of drug-likeness (QED) is 0.428. The molecule has 0 aliphatic carbocycles. The molecule has 0 radical (unpaired) electrons. The molecule has 0 atom stereocenters. The monoisotopic (exact) mass is 319 g/mol. The van der Waals surface area contributed by atoms with E-state index < -0.39 is 9.04 Å². The summed E-state index contributed by atoms with van der Waals surface area (Å²) in [5, 5.41) is 2.78. The number of hydrogen-bond donors (Lipinski definition) is 1. The third-order valence-electron chi connectivity index (χ3n) is 2.77. The topological polar surface area (TPSA) is 47.6 Å². The normalized spacial score (nSPS) is 17.7. The Morgan fingerprint density at radius 3 is 2.16 bits per heavy atom. The molecule has 19 heavy (non-hydrogen) atoms. The minimum Gasteiger partial charge on any atom is -0.471 e. The first kappa shape index (κ1) is 18.8. The highest BCUT2D eigenvalue weighted by Gasteiger charge is 2.29. The lowest BCUT2D eigenvalue weighted by molar-refractivity contribution is -0.120. The van der Waals surface area contributed by atoms with Crippen LogP contribution in [0.1, 0.15) is 27.2 Å². The highest BCUT2D eigenvalue weighted by Crippen LogP contribution is 2.32. The van der Waals surface area contributed by atoms with Gasteiger partial charge in [-0.3, -0.25) is 4.79 Å². The van der Waals surface area contributed by atoms with Gasteiger partial charge in [0, 0.05) is 18.7 Å². The number of rotatable bonds is 4. The zero-order chi connectivity index (χ0) is 15.1. The summed E-state index contributed by atoms with van der Waals surface area (Å²) in [5.41, 5.74) is 2.29. The first-order valence-corrected chi connectivity index (χ1v) is 11.2. The van der Waals surface area contributed by atoms with E-state index in [0.717, 1.165) is 46.1 Å². The van der Waals surface area contributed by atoms with Crippen LogP contribution in [0, 0.1) is 5.41 Å². The molecule has 7 heteroatoms. The van der Waals surface area contributed by atoms with E-state index in [2.05, 4.69) is 43.3 Å². The molecule has 0 bridgehead atoms. The van der Waals surface area contributed by atoms with Crippen LogP contribution in [0.25, 0.3) is 0 Å². The maximum absolute atomic E-state index is 11.4. The van der Waals surface area contributed by atoms with Crippen molar-refractivity contribution in [3.8, 4) is 0 Å². The van der Waals surface area contributed by atoms with Gasteiger partial charge in [-0.15, -0.1) is 0 Å². The number of carbonyl (C=O) groups is 1. The van der Waals surface area contributed by atoms with Crippen LogP contribution in [-0.4, -0.2) is 49.1 Å². The molecule has 112 valence electrons. The lowest BCUT2D eigenvalue weighted by atomic mass is 9.80. The van der Waals surface area contributed by atoms with E-state index in [1.54, 1.807) is 0 Å². The lowest BCUT2D eigenvalue weighted by Crippen LogP contribution is -2.43. The third kappa shape index (κ3) is 7.21. The largest absolute Gasteiger partial charge is 0.471 e. The Labute approximate surface area is 125 Å². The van der Waals surface area contributed by atoms with Crippen molar-refractivity contribution < 1.29 is 13.3 Å². The lowest BCUT2D eigenvalue weighted by Gasteiger charge is -2.31. The smallest absolute Gasteiger partial charge is 0.249 e. The van der Waals surface area contributed by atoms with Crippen LogP contribution in [0.2, 0.25) is 13.1 Å². The van der Waals surface area contributed by atoms with Crippen molar-refractivity contribution in [3.63, 3.8) is 0 Å². The Morgan fingerprint density at radius 2 is 1.89 bits per heavy atom. The molecule has 1 amide bonds. The van der Waals surface area contributed by atoms with Crippen molar-refractivity contribution in [2.75, 3.05) is 13.2 Å². The maximum Gasteiger partial charge on any atom is 0.249 e. The molecule has 0 saturated carbocycles. The van der Waals surface area contributed by atoms with E-state index in [1.807, 2.05) is 0 Å². The molecule has 1 fully saturated rings. The highest BCUT2D eigenvalue weighted by atomic mass is 28.3. The van der Waals surface area contributed by atoms with Crippen molar-refractivity contribution in [1.29, 1.82) is 0 Å². The Bertz CT molecular complexity index is 325. The molecule has 1 saturated heterocycles. The third-order valence-corrected chi connectivity index (χ3v) is 3.68. The van der Waals surface area contributed by atoms with Crippen molar-refractivity contribution in [2.45, 2.75) is 40.3 Å². The molecule has 1 heterocycles. The summed E-state index contributed by atoms with van der Waals surface area (Å²) in [7, 11) is 0.917. The van der Waals surface area contributed by atoms with Gasteiger partial charge >= 0.3 is 0 Å². The molecule has 0 spiro atoms. The summed E-state index contributed by atoms with van der Waals surface area (Å²) >= 11 is 0. The summed E-state index contributed by atoms with van der Waals surface area (Å²) in [6.45, 7) is 12.3. The number of β-lactam (4-membered cyclic amide) rings is 1. The van der Waals surface area contributed by atoms with Gasteiger partial charge in [0.25, 0.3) is 0 Å². The Kier molecular flexibility index (Phi) is 8.75. The standard InChI is InChI=1S/C12H23NO2Si.H6OSi2/c1-12(2,3)10(6-7-15-16(4)5)9-8-13-11(9)14;2-1-3/h16H,6-8H2,1-5H3,(H,13,14);2-3H3. The van der Waals surface area contributed by atoms with Crippen LogP contribution in [0.15, 0.2) is 11.1 Å². The molecule has 0 aromatic rings. The van der Waals surface area contributed by atoms with Crippen LogP contribution >= 0.6 is 0 Å². The molecule has 1 aliphatic rings. The van der Waals surface area contributed by atoms with Crippen LogP contribution in [0.3, 0.4) is 0 Å². The van der Waals surface area contributed by atoms with Gasteiger partial charge in [0.05, 0.1) is 0 Å². The number of amides is 1. The average Bonchev–Trinajstić information content (AvgIpc) is 2.25. The number of nitrogens with one attached hydrogen (secondary N) is 1. The fraction of sp³-hybridized carbons (Fsp3) is 0.750. The Hall–Kier alpha value is -0.219. The molecular weight excluding hydrogens is 290 g/mol. The average molecular weight is 320 g/mol. The molecular formula is C12H29NO3Si3. The van der Waals surface area contributed by atoms with E-state index in [0.29, 0.717) is 0 Å². The summed E-state index contributed by atoms with van der Waals surface area (Å²) in [4.78, 5) is 11.4. The first-order chi connectivity index (χ1) is 8.73. The first-order valence-electron chi connectivity index (χ1n) is 6.76. The summed E-state index contributed by atoms with van der Waals surface area (Å²) in [6.07, 6.45) is 0.886. The van der Waals surface area contributed by atoms with Gasteiger partial charge < -0.3 is 13.9 Å². The van der Waals surface area contributed by atoms with Gasteiger partial charge in [-0.2, -0.15) is 0 Å². The van der Waals surface area contributed by atoms with Gasteiger partial charge in [0.2, 0.25) is 5.91 Å². The van der Waals surface area contributed by atoms with Crippen molar-refractivity contribution >= 4 is 35.9 Å². The molecule has 0 unspecified atom stereocenters. The van der Waals surface area contributed by atoms with Crippen LogP contribution in [0.5, 0.6) is 0 Å². The molecule has 0 aromatic heterocycles. The number of carbonyl (C=O) groups excluding carboxylic acids is 1. The summed E-state index contributed by atoms with van der Waals surface area (Å²) < 4.78 is 10.2. The Balaban J connectivity index is 0.000000982. The minimum absolute atomic E-state index is 0.0645. The van der Waals surface area contributed by atoms with Crippen LogP contribution in [0.4, 0.5) is 0 Å². The van der Waals surface area contributed by atoms with Crippen LogP contribution in [-0.2, 0) is 13.3 Å². The minimum atomic E-state index is -0.944. The van der Waals surface area contributed by atoms with E-state index in [-0.39, 0.29) is 11.3 Å². The zero-order valence-corrected chi connectivity index (χ0v) is 18.6. The van der Waals surface area contributed by atoms with E-state index in [9.17, 15) is 4.79 Å². The SMILES string of the molecule is C[SiH](C)OCCC(=C1CNC1=O)C(C)(C)C.[SiH3]O[SiH3]. The summed E-state index contributed by atoms with van der Waals surface area (Å²) in [5.74, 6) is 0.103. The van der Waals surface area contributed by atoms with E-state index in [4.69, 9.17) is 4.43 Å². The van der Waals surface area contributed by atoms with Crippen LogP contribution < -0.4 is 5.32 Å². The van der Waals surface area contributed by atoms with Gasteiger partial charge in [0.1, 0.15) is 21.0 Å². The van der Waals surface area contributed by atoms with Gasteiger partial charge in [-0.25, -0.2) is 0 Å². The predicted molar refractivity (Wildman–Crippen MR) is 89.9 cm³/mol. The Morgan fingerprint density at radius 1 is 1.37 bits per heavy atom. The van der Waals surface area contributed by atoms with Gasteiger partial charge in [-0.1, -0.05) is 26.3 Å². The molecule has 4 nitrogen and oxygen atoms in total. The van der Waals surface area contributed by atoms with Crippen molar-refractivity contribution in [3.05, 3.63) is 11.1 Å². The fourth-order valence-corrected chi connectivity index (χ4v) is 2.46. The molecule has 1 aliphatic heterocycles. The van der Waals surface area contributed by atoms with Crippen molar-refractivity contribution in [1.82, 2.24) is 5.32 Å². The predicted octanol–water partition coefficient (Wildman–Crippen LogP) is -0.587. The molecule has 1 N–H and O–H groups in total. The second-order valence-electron chi connectivity index (χ2n) is 5.97. The fourth-order valence-electron chi connectivity index (χ4n) is 1.87. The van der Waals surface area contributed by atoms with E-state index in [1.165, 1.54) is 5.57 Å². The maximum atomic E-state index is 11.4. The van der Waals surface area contributed by atoms with Gasteiger partial charge in [-0.05, 0) is 24.9 Å². The second-order valence-corrected chi connectivity index (χ2v) is 11.7. The van der Waals surface area contributed by atoms with Crippen molar-refractivity contribution in [2.24, 2.45) is 5.41 Å². The highest BCUT2D eigenvalue weighted by molar-refractivity contribution is 6.48. The van der Waals surface area contributed by atoms with Gasteiger partial charge in [0.15, 0.2) is 9.04 Å². The second kappa shape index (κ2) is 8.85. The van der Waals surface area contributed by atoms with E-state index >= 15 is 0 Å². The molecule has 0 aromatic carbocycles. The zero-order valence-electron chi connectivity index (χ0n) is 13.4. The number of hydrogen-bond acceptors (Lipinski definition) is 3. The summed E-state index contributed by atoms with van der Waals surface area (Å²) in [6, 6.07) is 0. The molecule has 1 rings (SSSR count).